The quantitative estimate of drug-likeness (QED) is 0.768. The predicted octanol–water partition coefficient (Wildman–Crippen LogP) is 2.72. The molecule has 8 heteroatoms. The lowest BCUT2D eigenvalue weighted by Gasteiger charge is -2.32. The summed E-state index contributed by atoms with van der Waals surface area (Å²) in [6.07, 6.45) is 5.96. The summed E-state index contributed by atoms with van der Waals surface area (Å²) in [5.74, 6) is -0.518. The molecule has 0 radical (unpaired) electrons. The van der Waals surface area contributed by atoms with Gasteiger partial charge in [0.15, 0.2) is 0 Å². The van der Waals surface area contributed by atoms with Gasteiger partial charge in [-0.2, -0.15) is 4.31 Å². The Balaban J connectivity index is 1.51. The van der Waals surface area contributed by atoms with E-state index in [0.717, 1.165) is 24.5 Å². The summed E-state index contributed by atoms with van der Waals surface area (Å²) in [6.45, 7) is 1.20. The van der Waals surface area contributed by atoms with Gasteiger partial charge in [0, 0.05) is 38.4 Å². The second-order valence-electron chi connectivity index (χ2n) is 7.01. The molecule has 1 aliphatic heterocycles. The number of amides is 1. The van der Waals surface area contributed by atoms with E-state index in [-0.39, 0.29) is 16.7 Å². The van der Waals surface area contributed by atoms with Gasteiger partial charge < -0.3 is 5.32 Å². The molecule has 1 amide bonds. The van der Waals surface area contributed by atoms with E-state index in [1.165, 1.54) is 22.5 Å². The highest BCUT2D eigenvalue weighted by molar-refractivity contribution is 7.89. The molecule has 1 atom stereocenters. The van der Waals surface area contributed by atoms with Crippen molar-refractivity contribution in [2.24, 2.45) is 5.92 Å². The summed E-state index contributed by atoms with van der Waals surface area (Å²) in [6, 6.07) is 8.79. The van der Waals surface area contributed by atoms with Crippen molar-refractivity contribution in [3.63, 3.8) is 0 Å². The van der Waals surface area contributed by atoms with Crippen LogP contribution in [-0.2, 0) is 21.4 Å². The number of carbonyl (C=O) groups excluding carboxylic acids is 1. The molecule has 1 saturated heterocycles. The number of piperidine rings is 1. The topological polar surface area (TPSA) is 79.4 Å². The van der Waals surface area contributed by atoms with Gasteiger partial charge in [-0.25, -0.2) is 12.8 Å². The number of benzene rings is 1. The standard InChI is InChI=1S/C20H24FN3O3S/c21-18-6-1-7-19(12-18)28(26,27)24-11-3-5-16(15-24)8-9-20(25)23-14-17-4-2-10-22-13-17/h1-2,4,6-7,10,12-13,16H,3,5,8-9,11,14-15H2,(H,23,25). The summed E-state index contributed by atoms with van der Waals surface area (Å²) in [7, 11) is -3.72. The highest BCUT2D eigenvalue weighted by Crippen LogP contribution is 2.26. The fourth-order valence-electron chi connectivity index (χ4n) is 3.38. The lowest BCUT2D eigenvalue weighted by atomic mass is 9.94. The third-order valence-corrected chi connectivity index (χ3v) is 6.77. The Bertz CT molecular complexity index is 906. The van der Waals surface area contributed by atoms with Crippen molar-refractivity contribution in [2.45, 2.75) is 37.1 Å². The van der Waals surface area contributed by atoms with Crippen LogP contribution >= 0.6 is 0 Å². The summed E-state index contributed by atoms with van der Waals surface area (Å²) < 4.78 is 40.3. The second kappa shape index (κ2) is 9.25. The molecule has 2 aromatic rings. The molecule has 150 valence electrons. The van der Waals surface area contributed by atoms with Crippen molar-refractivity contribution < 1.29 is 17.6 Å². The Morgan fingerprint density at radius 2 is 2.14 bits per heavy atom. The average molecular weight is 405 g/mol. The molecule has 28 heavy (non-hydrogen) atoms. The van der Waals surface area contributed by atoms with Crippen molar-refractivity contribution >= 4 is 15.9 Å². The minimum absolute atomic E-state index is 0.0256. The largest absolute Gasteiger partial charge is 0.352 e. The number of aromatic nitrogens is 1. The summed E-state index contributed by atoms with van der Waals surface area (Å²) >= 11 is 0. The molecule has 1 aromatic heterocycles. The highest BCUT2D eigenvalue weighted by atomic mass is 32.2. The van der Waals surface area contributed by atoms with Gasteiger partial charge in [0.25, 0.3) is 0 Å². The molecule has 0 bridgehead atoms. The molecular weight excluding hydrogens is 381 g/mol. The normalized spacial score (nSPS) is 18.0. The van der Waals surface area contributed by atoms with Crippen molar-refractivity contribution in [1.82, 2.24) is 14.6 Å². The van der Waals surface area contributed by atoms with Gasteiger partial charge in [-0.05, 0) is 55.0 Å². The molecule has 0 aliphatic carbocycles. The van der Waals surface area contributed by atoms with E-state index in [1.807, 2.05) is 12.1 Å². The number of nitrogens with one attached hydrogen (secondary N) is 1. The van der Waals surface area contributed by atoms with E-state index in [2.05, 4.69) is 10.3 Å². The van der Waals surface area contributed by atoms with E-state index in [9.17, 15) is 17.6 Å². The summed E-state index contributed by atoms with van der Waals surface area (Å²) in [5.41, 5.74) is 0.931. The first-order chi connectivity index (χ1) is 13.4. The lowest BCUT2D eigenvalue weighted by molar-refractivity contribution is -0.121. The first-order valence-electron chi connectivity index (χ1n) is 9.36. The Morgan fingerprint density at radius 3 is 2.89 bits per heavy atom. The second-order valence-corrected chi connectivity index (χ2v) is 8.94. The Kier molecular flexibility index (Phi) is 6.74. The molecule has 0 spiro atoms. The van der Waals surface area contributed by atoms with Crippen LogP contribution in [0.5, 0.6) is 0 Å². The number of rotatable bonds is 7. The first kappa shape index (κ1) is 20.4. The van der Waals surface area contributed by atoms with Gasteiger partial charge in [-0.15, -0.1) is 0 Å². The van der Waals surface area contributed by atoms with Gasteiger partial charge >= 0.3 is 0 Å². The molecule has 1 aromatic carbocycles. The maximum atomic E-state index is 13.4. The van der Waals surface area contributed by atoms with Crippen LogP contribution in [0.25, 0.3) is 0 Å². The van der Waals surface area contributed by atoms with Gasteiger partial charge in [0.2, 0.25) is 15.9 Å². The third kappa shape index (κ3) is 5.36. The monoisotopic (exact) mass is 405 g/mol. The Labute approximate surface area is 164 Å². The number of carbonyl (C=O) groups is 1. The smallest absolute Gasteiger partial charge is 0.243 e. The number of nitrogens with zero attached hydrogens (tertiary/aromatic N) is 2. The Morgan fingerprint density at radius 1 is 1.29 bits per heavy atom. The zero-order chi connectivity index (χ0) is 20.0. The Hall–Kier alpha value is -2.32. The molecule has 1 unspecified atom stereocenters. The van der Waals surface area contributed by atoms with Gasteiger partial charge in [0.1, 0.15) is 5.82 Å². The first-order valence-corrected chi connectivity index (χ1v) is 10.8. The van der Waals surface area contributed by atoms with E-state index >= 15 is 0 Å². The highest BCUT2D eigenvalue weighted by Gasteiger charge is 2.30. The molecule has 1 aliphatic rings. The van der Waals surface area contributed by atoms with Crippen LogP contribution < -0.4 is 5.32 Å². The fraction of sp³-hybridized carbons (Fsp3) is 0.400. The van der Waals surface area contributed by atoms with E-state index in [4.69, 9.17) is 0 Å². The number of pyridine rings is 1. The van der Waals surface area contributed by atoms with Crippen LogP contribution in [-0.4, -0.2) is 36.7 Å². The molecule has 0 saturated carbocycles. The number of sulfonamides is 1. The summed E-state index contributed by atoms with van der Waals surface area (Å²) in [4.78, 5) is 16.1. The molecule has 3 rings (SSSR count). The van der Waals surface area contributed by atoms with E-state index in [0.29, 0.717) is 32.5 Å². The number of hydrogen-bond acceptors (Lipinski definition) is 4. The van der Waals surface area contributed by atoms with Crippen LogP contribution in [0.2, 0.25) is 0 Å². The summed E-state index contributed by atoms with van der Waals surface area (Å²) in [5, 5.41) is 2.86. The van der Waals surface area contributed by atoms with E-state index < -0.39 is 15.8 Å². The SMILES string of the molecule is O=C(CCC1CCCN(S(=O)(=O)c2cccc(F)c2)C1)NCc1cccnc1. The van der Waals surface area contributed by atoms with E-state index in [1.54, 1.807) is 12.4 Å². The van der Waals surface area contributed by atoms with Gasteiger partial charge in [0.05, 0.1) is 4.90 Å². The van der Waals surface area contributed by atoms with Gasteiger partial charge in [-0.3, -0.25) is 9.78 Å². The fourth-order valence-corrected chi connectivity index (χ4v) is 4.97. The maximum Gasteiger partial charge on any atom is 0.243 e. The predicted molar refractivity (Wildman–Crippen MR) is 103 cm³/mol. The molecule has 1 fully saturated rings. The molecule has 1 N–H and O–H groups in total. The number of hydrogen-bond donors (Lipinski definition) is 1. The van der Waals surface area contributed by atoms with Crippen LogP contribution in [0, 0.1) is 11.7 Å². The van der Waals surface area contributed by atoms with Crippen LogP contribution in [0.1, 0.15) is 31.2 Å². The van der Waals surface area contributed by atoms with Crippen molar-refractivity contribution in [3.05, 3.63) is 60.2 Å². The minimum atomic E-state index is -3.72. The molecular formula is C20H24FN3O3S. The minimum Gasteiger partial charge on any atom is -0.352 e. The van der Waals surface area contributed by atoms with Crippen molar-refractivity contribution in [3.8, 4) is 0 Å². The van der Waals surface area contributed by atoms with Crippen molar-refractivity contribution in [1.29, 1.82) is 0 Å². The van der Waals surface area contributed by atoms with Crippen LogP contribution in [0.15, 0.2) is 53.7 Å². The number of halogens is 1. The van der Waals surface area contributed by atoms with Crippen molar-refractivity contribution in [2.75, 3.05) is 13.1 Å². The maximum absolute atomic E-state index is 13.4. The molecule has 2 heterocycles. The average Bonchev–Trinajstić information content (AvgIpc) is 2.72. The lowest BCUT2D eigenvalue weighted by Crippen LogP contribution is -2.40. The zero-order valence-electron chi connectivity index (χ0n) is 15.6. The molecule has 6 nitrogen and oxygen atoms in total. The van der Waals surface area contributed by atoms with Crippen LogP contribution in [0.3, 0.4) is 0 Å². The van der Waals surface area contributed by atoms with Gasteiger partial charge in [-0.1, -0.05) is 12.1 Å². The zero-order valence-corrected chi connectivity index (χ0v) is 16.4. The van der Waals surface area contributed by atoms with Crippen LogP contribution in [0.4, 0.5) is 4.39 Å². The third-order valence-electron chi connectivity index (χ3n) is 4.91.